The van der Waals surface area contributed by atoms with E-state index < -0.39 is 64.4 Å². The van der Waals surface area contributed by atoms with Crippen molar-refractivity contribution in [1.29, 1.82) is 0 Å². The highest BCUT2D eigenvalue weighted by Crippen LogP contribution is 2.71. The summed E-state index contributed by atoms with van der Waals surface area (Å²) in [6, 6.07) is 4.17. The van der Waals surface area contributed by atoms with Gasteiger partial charge in [0.2, 0.25) is 5.78 Å². The number of esters is 2. The van der Waals surface area contributed by atoms with Crippen LogP contribution in [-0.2, 0) is 35.1 Å². The number of aliphatic hydroxyl groups is 1. The number of carbonyl (C=O) groups excluding carboxylic acids is 3. The third-order valence-electron chi connectivity index (χ3n) is 11.2. The molecule has 4 aliphatic rings. The highest BCUT2D eigenvalue weighted by molar-refractivity contribution is 7.11. The molecule has 0 aromatic carbocycles. The van der Waals surface area contributed by atoms with Gasteiger partial charge in [-0.2, -0.15) is 0 Å². The van der Waals surface area contributed by atoms with Gasteiger partial charge < -0.3 is 19.4 Å². The van der Waals surface area contributed by atoms with Crippen LogP contribution in [0.4, 0.5) is 4.39 Å². The Balaban J connectivity index is 1.42. The summed E-state index contributed by atoms with van der Waals surface area (Å²) in [7, 11) is 0. The predicted molar refractivity (Wildman–Crippen MR) is 169 cm³/mol. The molecule has 1 aromatic rings. The molecule has 0 radical (unpaired) electrons. The number of ketones is 1. The van der Waals surface area contributed by atoms with Crippen molar-refractivity contribution >= 4 is 34.8 Å². The first-order chi connectivity index (χ1) is 21.3. The van der Waals surface area contributed by atoms with Crippen molar-refractivity contribution in [2.45, 2.75) is 104 Å². The van der Waals surface area contributed by atoms with Crippen LogP contribution in [-0.4, -0.2) is 59.1 Å². The fourth-order valence-corrected chi connectivity index (χ4v) is 9.83. The molecule has 8 nitrogen and oxygen atoms in total. The first-order valence-corrected chi connectivity index (χ1v) is 17.0. The van der Waals surface area contributed by atoms with Gasteiger partial charge in [0.05, 0.1) is 6.10 Å². The number of aryl methyl sites for hydroxylation is 1. The minimum Gasteiger partial charge on any atom is -0.457 e. The summed E-state index contributed by atoms with van der Waals surface area (Å²) in [5, 5.41) is 16.2. The summed E-state index contributed by atoms with van der Waals surface area (Å²) in [5.41, 5.74) is -4.39. The van der Waals surface area contributed by atoms with E-state index in [9.17, 15) is 19.5 Å². The summed E-state index contributed by atoms with van der Waals surface area (Å²) in [5.74, 6) is -3.03. The van der Waals surface area contributed by atoms with Crippen LogP contribution in [0.15, 0.2) is 41.1 Å². The van der Waals surface area contributed by atoms with Crippen molar-refractivity contribution < 1.29 is 38.2 Å². The van der Waals surface area contributed by atoms with E-state index in [1.165, 1.54) is 9.75 Å². The Morgan fingerprint density at radius 3 is 2.53 bits per heavy atom. The number of nitrogens with zero attached hydrogens (tertiary/aromatic N) is 1. The summed E-state index contributed by atoms with van der Waals surface area (Å²) in [6.45, 7) is 10.8. The van der Waals surface area contributed by atoms with Gasteiger partial charge in [0.1, 0.15) is 12.3 Å². The number of ether oxygens (including phenoxy) is 2. The van der Waals surface area contributed by atoms with Crippen molar-refractivity contribution in [2.75, 3.05) is 13.2 Å². The molecule has 3 fully saturated rings. The molecule has 8 atom stereocenters. The van der Waals surface area contributed by atoms with Gasteiger partial charge in [-0.25, -0.2) is 4.39 Å². The molecule has 0 spiro atoms. The van der Waals surface area contributed by atoms with Gasteiger partial charge in [0, 0.05) is 51.7 Å². The number of aliphatic hydroxyl groups excluding tert-OH is 1. The van der Waals surface area contributed by atoms with Gasteiger partial charge >= 0.3 is 11.9 Å². The molecule has 10 heteroatoms. The molecule has 0 aliphatic heterocycles. The standard InChI is InChI=1S/C35H46FNO7S/c1-7-30(40)42-20-29(39)35(44-31(41)8-2)21(3)17-27-26-12-10-23-18-24(37-43-16-14-25-11-9-22(4)45-25)13-15-32(23,5)34(26,36)28(38)19-33(27,35)6/h9,11,13,15,18,21,26-28,38H,7-8,10,12,14,16-17,19-20H2,1-6H3/b37-24+/t21-,26-,27-,28-,32-,33-,34-,35-/m0/s1. The van der Waals surface area contributed by atoms with E-state index in [0.29, 0.717) is 31.6 Å². The number of hydrogen-bond acceptors (Lipinski definition) is 9. The molecule has 3 saturated carbocycles. The second-order valence-electron chi connectivity index (χ2n) is 13.6. The van der Waals surface area contributed by atoms with Crippen LogP contribution in [0.1, 0.15) is 82.9 Å². The Labute approximate surface area is 269 Å². The highest BCUT2D eigenvalue weighted by atomic mass is 32.1. The first-order valence-electron chi connectivity index (χ1n) is 16.2. The van der Waals surface area contributed by atoms with E-state index in [2.05, 4.69) is 24.2 Å². The van der Waals surface area contributed by atoms with Crippen LogP contribution in [0, 0.1) is 35.5 Å². The maximum atomic E-state index is 17.9. The average Bonchev–Trinajstić information content (AvgIpc) is 3.52. The Hall–Kier alpha value is -2.85. The van der Waals surface area contributed by atoms with Crippen molar-refractivity contribution in [3.8, 4) is 0 Å². The predicted octanol–water partition coefficient (Wildman–Crippen LogP) is 6.23. The molecule has 1 heterocycles. The lowest BCUT2D eigenvalue weighted by Gasteiger charge is -2.62. The number of Topliss-reactive ketones (excluding diaryl/α,β-unsaturated/α-hetero) is 1. The zero-order chi connectivity index (χ0) is 32.8. The summed E-state index contributed by atoms with van der Waals surface area (Å²) < 4.78 is 29.2. The van der Waals surface area contributed by atoms with Crippen LogP contribution in [0.25, 0.3) is 0 Å². The molecule has 0 saturated heterocycles. The number of oxime groups is 1. The number of carbonyl (C=O) groups is 3. The smallest absolute Gasteiger partial charge is 0.306 e. The summed E-state index contributed by atoms with van der Waals surface area (Å²) >= 11 is 1.73. The van der Waals surface area contributed by atoms with E-state index in [-0.39, 0.29) is 25.2 Å². The minimum atomic E-state index is -2.02. The van der Waals surface area contributed by atoms with Crippen LogP contribution < -0.4 is 0 Å². The first kappa shape index (κ1) is 33.5. The third kappa shape index (κ3) is 5.29. The maximum Gasteiger partial charge on any atom is 0.306 e. The lowest BCUT2D eigenvalue weighted by atomic mass is 9.44. The number of alkyl halides is 1. The Bertz CT molecular complexity index is 1430. The molecule has 1 aromatic heterocycles. The SMILES string of the molecule is CCC(=O)OCC(=O)[C@@]1(OC(=O)CC)[C@@H](C)C[C@H]2[C@@H]3CCC4=C/C(=N/OCCc5ccc(C)s5)C=C[C@]4(C)[C@@]3(F)[C@@H](O)C[C@@]21C. The number of allylic oxidation sites excluding steroid dienone is 4. The van der Waals surface area contributed by atoms with Crippen LogP contribution in [0.3, 0.4) is 0 Å². The van der Waals surface area contributed by atoms with Crippen molar-refractivity contribution in [3.63, 3.8) is 0 Å². The lowest BCUT2D eigenvalue weighted by molar-refractivity contribution is -0.228. The lowest BCUT2D eigenvalue weighted by Crippen LogP contribution is -2.70. The van der Waals surface area contributed by atoms with Crippen LogP contribution in [0.2, 0.25) is 0 Å². The van der Waals surface area contributed by atoms with Crippen molar-refractivity contribution in [3.05, 3.63) is 45.7 Å². The Kier molecular flexibility index (Phi) is 9.23. The van der Waals surface area contributed by atoms with E-state index in [1.807, 2.05) is 32.9 Å². The highest BCUT2D eigenvalue weighted by Gasteiger charge is 2.77. The molecule has 0 amide bonds. The van der Waals surface area contributed by atoms with Crippen molar-refractivity contribution in [2.24, 2.45) is 33.7 Å². The number of rotatable bonds is 10. The van der Waals surface area contributed by atoms with E-state index in [1.54, 1.807) is 31.3 Å². The maximum absolute atomic E-state index is 17.9. The van der Waals surface area contributed by atoms with Crippen LogP contribution in [0.5, 0.6) is 0 Å². The normalized spacial score (nSPS) is 37.7. The van der Waals surface area contributed by atoms with Gasteiger partial charge in [-0.3, -0.25) is 14.4 Å². The number of hydrogen-bond donors (Lipinski definition) is 1. The number of thiophene rings is 1. The van der Waals surface area contributed by atoms with Crippen LogP contribution >= 0.6 is 11.3 Å². The molecule has 0 bridgehead atoms. The molecule has 5 rings (SSSR count). The fraction of sp³-hybridized carbons (Fsp3) is 0.657. The van der Waals surface area contributed by atoms with Gasteiger partial charge in [0.25, 0.3) is 0 Å². The molecular weight excluding hydrogens is 597 g/mol. The quantitative estimate of drug-likeness (QED) is 0.183. The van der Waals surface area contributed by atoms with E-state index in [0.717, 1.165) is 12.0 Å². The molecular formula is C35H46FNO7S. The zero-order valence-electron chi connectivity index (χ0n) is 27.2. The average molecular weight is 644 g/mol. The van der Waals surface area contributed by atoms with E-state index >= 15 is 4.39 Å². The molecule has 1 N–H and O–H groups in total. The van der Waals surface area contributed by atoms with Crippen molar-refractivity contribution in [1.82, 2.24) is 0 Å². The second-order valence-corrected chi connectivity index (χ2v) is 15.0. The monoisotopic (exact) mass is 643 g/mol. The Morgan fingerprint density at radius 1 is 1.13 bits per heavy atom. The topological polar surface area (TPSA) is 111 Å². The van der Waals surface area contributed by atoms with Gasteiger partial charge in [-0.15, -0.1) is 11.3 Å². The summed E-state index contributed by atoms with van der Waals surface area (Å²) in [4.78, 5) is 46.9. The zero-order valence-corrected chi connectivity index (χ0v) is 28.0. The van der Waals surface area contributed by atoms with Gasteiger partial charge in [0.15, 0.2) is 17.9 Å². The minimum absolute atomic E-state index is 0.0502. The molecule has 0 unspecified atom stereocenters. The van der Waals surface area contributed by atoms with Gasteiger partial charge in [-0.1, -0.05) is 44.5 Å². The Morgan fingerprint density at radius 2 is 1.87 bits per heavy atom. The fourth-order valence-electron chi connectivity index (χ4n) is 8.96. The second kappa shape index (κ2) is 12.4. The summed E-state index contributed by atoms with van der Waals surface area (Å²) in [6.07, 6.45) is 6.32. The largest absolute Gasteiger partial charge is 0.457 e. The van der Waals surface area contributed by atoms with E-state index in [4.69, 9.17) is 14.3 Å². The number of fused-ring (bicyclic) bond motifs is 5. The van der Waals surface area contributed by atoms with Gasteiger partial charge in [-0.05, 0) is 69.7 Å². The number of halogens is 1. The molecule has 4 aliphatic carbocycles. The molecule has 45 heavy (non-hydrogen) atoms. The third-order valence-corrected chi connectivity index (χ3v) is 12.3. The molecule has 246 valence electrons.